The van der Waals surface area contributed by atoms with E-state index in [1.165, 1.54) is 50.6 Å². The van der Waals surface area contributed by atoms with Gasteiger partial charge in [0.25, 0.3) is 20.2 Å². The Morgan fingerprint density at radius 3 is 1.47 bits per heavy atom. The lowest BCUT2D eigenvalue weighted by atomic mass is 9.87. The quantitative estimate of drug-likeness (QED) is 0.372. The maximum atomic E-state index is 11.8. The minimum absolute atomic E-state index is 0.163. The normalized spacial score (nSPS) is 12.8. The second-order valence-corrected chi connectivity index (χ2v) is 12.7. The highest BCUT2D eigenvalue weighted by Gasteiger charge is 2.32. The molecule has 0 aromatic heterocycles. The van der Waals surface area contributed by atoms with E-state index >= 15 is 0 Å². The van der Waals surface area contributed by atoms with E-state index in [2.05, 4.69) is 20.8 Å². The van der Waals surface area contributed by atoms with E-state index < -0.39 is 28.2 Å². The van der Waals surface area contributed by atoms with E-state index in [-0.39, 0.29) is 15.2 Å². The lowest BCUT2D eigenvalue weighted by molar-refractivity contribution is 0.345. The maximum absolute atomic E-state index is 11.8. The van der Waals surface area contributed by atoms with Crippen molar-refractivity contribution in [3.8, 4) is 11.5 Å². The summed E-state index contributed by atoms with van der Waals surface area (Å²) in [5, 5.41) is 1.02. The van der Waals surface area contributed by atoms with Gasteiger partial charge in [-0.25, -0.2) is 0 Å². The van der Waals surface area contributed by atoms with Crippen LogP contribution in [-0.4, -0.2) is 46.3 Å². The summed E-state index contributed by atoms with van der Waals surface area (Å²) in [6, 6.07) is 8.12. The van der Waals surface area contributed by atoms with Crippen molar-refractivity contribution in [3.05, 3.63) is 36.4 Å². The monoisotopic (exact) mass is 504 g/mol. The molecule has 0 spiro atoms. The van der Waals surface area contributed by atoms with Crippen molar-refractivity contribution >= 4 is 38.8 Å². The third-order valence-electron chi connectivity index (χ3n) is 5.72. The van der Waals surface area contributed by atoms with Gasteiger partial charge >= 0.3 is 0 Å². The zero-order valence-corrected chi connectivity index (χ0v) is 21.2. The zero-order valence-electron chi connectivity index (χ0n) is 18.7. The molecule has 0 bridgehead atoms. The number of hydrogen-bond donors (Lipinski definition) is 2. The van der Waals surface area contributed by atoms with Crippen molar-refractivity contribution in [2.45, 2.75) is 43.4 Å². The molecule has 178 valence electrons. The number of benzene rings is 2. The Kier molecular flexibility index (Phi) is 8.34. The van der Waals surface area contributed by atoms with E-state index in [0.717, 1.165) is 12.8 Å². The molecular weight excluding hydrogens is 475 g/mol. The average molecular weight is 505 g/mol. The van der Waals surface area contributed by atoms with Crippen LogP contribution in [0, 0.1) is 5.41 Å². The first kappa shape index (κ1) is 26.5. The topological polar surface area (TPSA) is 127 Å². The summed E-state index contributed by atoms with van der Waals surface area (Å²) in [5.41, 5.74) is -0.163. The fourth-order valence-corrected chi connectivity index (χ4v) is 7.69. The molecule has 8 nitrogen and oxygen atoms in total. The standard InChI is InChI=1S/C21H29O8PS2/c1-6-21(3,7-2)14-30(19-12-15(31(22,23)24)8-10-17(19)28-4)20-13-16(32(25,26)27)9-11-18(20)29-5/h8-13H,6-7,14H2,1-5H3,(H,22,23,24)(H,25,26,27). The van der Waals surface area contributed by atoms with Gasteiger partial charge in [-0.15, -0.1) is 0 Å². The number of rotatable bonds is 10. The van der Waals surface area contributed by atoms with Crippen LogP contribution in [0.2, 0.25) is 0 Å². The highest BCUT2D eigenvalue weighted by Crippen LogP contribution is 2.47. The highest BCUT2D eigenvalue weighted by atomic mass is 32.2. The summed E-state index contributed by atoms with van der Waals surface area (Å²) in [4.78, 5) is -0.583. The smallest absolute Gasteiger partial charge is 0.294 e. The first-order chi connectivity index (χ1) is 14.8. The molecule has 0 radical (unpaired) electrons. The predicted octanol–water partition coefficient (Wildman–Crippen LogP) is 3.46. The van der Waals surface area contributed by atoms with E-state index in [1.54, 1.807) is 0 Å². The second kappa shape index (κ2) is 10.1. The van der Waals surface area contributed by atoms with E-state index in [4.69, 9.17) is 9.47 Å². The zero-order chi connectivity index (χ0) is 24.3. The van der Waals surface area contributed by atoms with Crippen molar-refractivity contribution in [3.63, 3.8) is 0 Å². The van der Waals surface area contributed by atoms with Crippen LogP contribution in [0.3, 0.4) is 0 Å². The molecule has 11 heteroatoms. The molecule has 0 aliphatic carbocycles. The summed E-state index contributed by atoms with van der Waals surface area (Å²) in [6.45, 7) is 6.20. The van der Waals surface area contributed by atoms with Crippen LogP contribution in [0.4, 0.5) is 0 Å². The Labute approximate surface area is 191 Å². The summed E-state index contributed by atoms with van der Waals surface area (Å²) in [6.07, 6.45) is 2.21. The maximum Gasteiger partial charge on any atom is 0.294 e. The van der Waals surface area contributed by atoms with Gasteiger partial charge in [-0.3, -0.25) is 9.11 Å². The highest BCUT2D eigenvalue weighted by molar-refractivity contribution is 7.86. The predicted molar refractivity (Wildman–Crippen MR) is 125 cm³/mol. The molecule has 0 amide bonds. The molecule has 0 aliphatic heterocycles. The Balaban J connectivity index is 2.91. The Morgan fingerprint density at radius 1 is 0.812 bits per heavy atom. The van der Waals surface area contributed by atoms with E-state index in [1.807, 2.05) is 0 Å². The minimum atomic E-state index is -4.48. The largest absolute Gasteiger partial charge is 0.496 e. The minimum Gasteiger partial charge on any atom is -0.496 e. The number of ether oxygens (including phenoxy) is 2. The van der Waals surface area contributed by atoms with Crippen LogP contribution < -0.4 is 20.1 Å². The third kappa shape index (κ3) is 5.99. The van der Waals surface area contributed by atoms with Crippen LogP contribution in [-0.2, 0) is 20.2 Å². The molecule has 2 aromatic carbocycles. The molecule has 2 N–H and O–H groups in total. The molecule has 0 heterocycles. The fraction of sp³-hybridized carbons (Fsp3) is 0.429. The lowest BCUT2D eigenvalue weighted by Gasteiger charge is -2.33. The van der Waals surface area contributed by atoms with Crippen molar-refractivity contribution < 1.29 is 35.4 Å². The summed E-state index contributed by atoms with van der Waals surface area (Å²) in [5.74, 6) is 0.801. The van der Waals surface area contributed by atoms with Crippen molar-refractivity contribution in [2.75, 3.05) is 20.4 Å². The SMILES string of the molecule is CCC(C)(CC)CP(c1cc(S(=O)(=O)O)ccc1OC)c1cc(S(=O)(=O)O)ccc1OC. The Bertz CT molecular complexity index is 1090. The second-order valence-electron chi connectivity index (χ2n) is 7.72. The summed E-state index contributed by atoms with van der Waals surface area (Å²) in [7, 11) is -7.49. The lowest BCUT2D eigenvalue weighted by Crippen LogP contribution is -2.27. The first-order valence-corrected chi connectivity index (χ1v) is 14.3. The van der Waals surface area contributed by atoms with E-state index in [0.29, 0.717) is 28.3 Å². The van der Waals surface area contributed by atoms with Gasteiger partial charge in [0, 0.05) is 10.6 Å². The Hall–Kier alpha value is -1.71. The molecule has 32 heavy (non-hydrogen) atoms. The van der Waals surface area contributed by atoms with Gasteiger partial charge in [0.15, 0.2) is 0 Å². The number of methoxy groups -OCH3 is 2. The molecule has 0 saturated carbocycles. The molecule has 0 unspecified atom stereocenters. The van der Waals surface area contributed by atoms with Gasteiger partial charge in [-0.2, -0.15) is 16.8 Å². The van der Waals surface area contributed by atoms with Crippen LogP contribution in [0.5, 0.6) is 11.5 Å². The van der Waals surface area contributed by atoms with Gasteiger partial charge in [0.2, 0.25) is 0 Å². The third-order valence-corrected chi connectivity index (χ3v) is 10.4. The first-order valence-electron chi connectivity index (χ1n) is 9.88. The molecule has 2 aromatic rings. The fourth-order valence-electron chi connectivity index (χ4n) is 3.24. The van der Waals surface area contributed by atoms with Crippen LogP contribution in [0.15, 0.2) is 46.2 Å². The summed E-state index contributed by atoms with van der Waals surface area (Å²) >= 11 is 0. The van der Waals surface area contributed by atoms with Gasteiger partial charge in [0.1, 0.15) is 11.5 Å². The van der Waals surface area contributed by atoms with Crippen LogP contribution in [0.1, 0.15) is 33.6 Å². The van der Waals surface area contributed by atoms with Gasteiger partial charge in [-0.05, 0) is 55.9 Å². The van der Waals surface area contributed by atoms with Gasteiger partial charge < -0.3 is 9.47 Å². The van der Waals surface area contributed by atoms with Gasteiger partial charge in [0.05, 0.1) is 24.0 Å². The van der Waals surface area contributed by atoms with Crippen molar-refractivity contribution in [2.24, 2.45) is 5.41 Å². The van der Waals surface area contributed by atoms with Crippen LogP contribution in [0.25, 0.3) is 0 Å². The molecule has 0 atom stereocenters. The van der Waals surface area contributed by atoms with E-state index in [9.17, 15) is 25.9 Å². The molecule has 0 saturated heterocycles. The number of hydrogen-bond acceptors (Lipinski definition) is 6. The summed E-state index contributed by atoms with van der Waals surface area (Å²) < 4.78 is 77.6. The van der Waals surface area contributed by atoms with Gasteiger partial charge in [-0.1, -0.05) is 33.6 Å². The molecule has 2 rings (SSSR count). The average Bonchev–Trinajstić information content (AvgIpc) is 2.75. The Morgan fingerprint density at radius 2 is 1.19 bits per heavy atom. The molecule has 0 aliphatic rings. The van der Waals surface area contributed by atoms with Crippen molar-refractivity contribution in [1.82, 2.24) is 0 Å². The molecule has 0 fully saturated rings. The van der Waals surface area contributed by atoms with Crippen LogP contribution >= 0.6 is 7.92 Å². The molecular formula is C21H29O8PS2. The van der Waals surface area contributed by atoms with Crippen molar-refractivity contribution in [1.29, 1.82) is 0 Å².